The number of hydrogen-bond donors (Lipinski definition) is 0. The molecule has 0 unspecified atom stereocenters. The van der Waals surface area contributed by atoms with E-state index in [9.17, 15) is 18.0 Å². The largest absolute Gasteiger partial charge is 0.417 e. The SMILES string of the molecule is O=Cc1ccc(-c2ccc3ccccc3c2)cc1C(F)(F)F. The molecule has 0 bridgehead atoms. The molecule has 0 saturated heterocycles. The first kappa shape index (κ1) is 14.3. The van der Waals surface area contributed by atoms with Crippen molar-refractivity contribution in [3.63, 3.8) is 0 Å². The Morgan fingerprint density at radius 3 is 2.09 bits per heavy atom. The highest BCUT2D eigenvalue weighted by molar-refractivity contribution is 5.88. The van der Waals surface area contributed by atoms with Crippen LogP contribution in [0, 0.1) is 0 Å². The molecule has 0 atom stereocenters. The van der Waals surface area contributed by atoms with Crippen molar-refractivity contribution in [1.29, 1.82) is 0 Å². The lowest BCUT2D eigenvalue weighted by atomic mass is 9.97. The predicted octanol–water partition coefficient (Wildman–Crippen LogP) is 5.34. The Labute approximate surface area is 125 Å². The summed E-state index contributed by atoms with van der Waals surface area (Å²) in [5, 5.41) is 1.97. The van der Waals surface area contributed by atoms with Crippen LogP contribution in [-0.4, -0.2) is 6.29 Å². The second kappa shape index (κ2) is 5.30. The smallest absolute Gasteiger partial charge is 0.298 e. The molecule has 0 N–H and O–H groups in total. The first-order valence-electron chi connectivity index (χ1n) is 6.64. The molecule has 0 heterocycles. The van der Waals surface area contributed by atoms with Crippen molar-refractivity contribution in [2.24, 2.45) is 0 Å². The zero-order chi connectivity index (χ0) is 15.7. The fourth-order valence-corrected chi connectivity index (χ4v) is 2.45. The lowest BCUT2D eigenvalue weighted by molar-refractivity contribution is -0.137. The van der Waals surface area contributed by atoms with Gasteiger partial charge in [-0.3, -0.25) is 4.79 Å². The summed E-state index contributed by atoms with van der Waals surface area (Å²) < 4.78 is 39.1. The van der Waals surface area contributed by atoms with E-state index in [-0.39, 0.29) is 11.8 Å². The van der Waals surface area contributed by atoms with E-state index in [2.05, 4.69) is 0 Å². The van der Waals surface area contributed by atoms with Crippen LogP contribution in [0.25, 0.3) is 21.9 Å². The Hall–Kier alpha value is -2.62. The van der Waals surface area contributed by atoms with Gasteiger partial charge in [0.15, 0.2) is 6.29 Å². The van der Waals surface area contributed by atoms with Crippen LogP contribution in [0.1, 0.15) is 15.9 Å². The van der Waals surface area contributed by atoms with Gasteiger partial charge >= 0.3 is 6.18 Å². The lowest BCUT2D eigenvalue weighted by Gasteiger charge is -2.12. The Morgan fingerprint density at radius 1 is 0.773 bits per heavy atom. The van der Waals surface area contributed by atoms with Gasteiger partial charge in [-0.1, -0.05) is 48.5 Å². The Bertz CT molecular complexity index is 850. The van der Waals surface area contributed by atoms with Gasteiger partial charge in [0.25, 0.3) is 0 Å². The minimum Gasteiger partial charge on any atom is -0.298 e. The fourth-order valence-electron chi connectivity index (χ4n) is 2.45. The third kappa shape index (κ3) is 2.60. The van der Waals surface area contributed by atoms with E-state index in [4.69, 9.17) is 0 Å². The van der Waals surface area contributed by atoms with E-state index in [1.807, 2.05) is 36.4 Å². The van der Waals surface area contributed by atoms with Crippen molar-refractivity contribution >= 4 is 17.1 Å². The summed E-state index contributed by atoms with van der Waals surface area (Å²) in [6.45, 7) is 0. The molecule has 110 valence electrons. The number of aldehydes is 1. The van der Waals surface area contributed by atoms with Gasteiger partial charge in [0, 0.05) is 5.56 Å². The summed E-state index contributed by atoms with van der Waals surface area (Å²) >= 11 is 0. The molecular formula is C18H11F3O. The molecule has 3 aromatic rings. The van der Waals surface area contributed by atoms with Crippen molar-refractivity contribution < 1.29 is 18.0 Å². The highest BCUT2D eigenvalue weighted by Gasteiger charge is 2.33. The van der Waals surface area contributed by atoms with E-state index in [1.165, 1.54) is 12.1 Å². The molecule has 0 aliphatic carbocycles. The first-order valence-corrected chi connectivity index (χ1v) is 6.64. The van der Waals surface area contributed by atoms with E-state index < -0.39 is 11.7 Å². The van der Waals surface area contributed by atoms with Crippen LogP contribution < -0.4 is 0 Å². The molecule has 0 spiro atoms. The quantitative estimate of drug-likeness (QED) is 0.584. The number of carbonyl (C=O) groups is 1. The number of hydrogen-bond acceptors (Lipinski definition) is 1. The van der Waals surface area contributed by atoms with E-state index >= 15 is 0 Å². The lowest BCUT2D eigenvalue weighted by Crippen LogP contribution is -2.09. The number of halogens is 3. The Morgan fingerprint density at radius 2 is 1.41 bits per heavy atom. The molecule has 0 aliphatic heterocycles. The topological polar surface area (TPSA) is 17.1 Å². The molecule has 1 nitrogen and oxygen atoms in total. The van der Waals surface area contributed by atoms with Crippen LogP contribution in [0.15, 0.2) is 60.7 Å². The zero-order valence-corrected chi connectivity index (χ0v) is 11.4. The summed E-state index contributed by atoms with van der Waals surface area (Å²) in [6, 6.07) is 16.9. The van der Waals surface area contributed by atoms with Gasteiger partial charge in [0.2, 0.25) is 0 Å². The van der Waals surface area contributed by atoms with Crippen molar-refractivity contribution in [3.05, 3.63) is 71.8 Å². The maximum absolute atomic E-state index is 13.0. The number of rotatable bonds is 2. The van der Waals surface area contributed by atoms with Crippen LogP contribution in [0.3, 0.4) is 0 Å². The normalized spacial score (nSPS) is 11.6. The van der Waals surface area contributed by atoms with Gasteiger partial charge in [-0.15, -0.1) is 0 Å². The molecule has 3 aromatic carbocycles. The molecule has 3 rings (SSSR count). The van der Waals surface area contributed by atoms with Gasteiger partial charge in [0.05, 0.1) is 5.56 Å². The molecule has 22 heavy (non-hydrogen) atoms. The fraction of sp³-hybridized carbons (Fsp3) is 0.0556. The first-order chi connectivity index (χ1) is 10.5. The third-order valence-corrected chi connectivity index (χ3v) is 3.57. The minimum absolute atomic E-state index is 0.229. The van der Waals surface area contributed by atoms with Crippen molar-refractivity contribution in [1.82, 2.24) is 0 Å². The maximum atomic E-state index is 13.0. The molecule has 0 fully saturated rings. The summed E-state index contributed by atoms with van der Waals surface area (Å²) in [4.78, 5) is 10.8. The second-order valence-corrected chi connectivity index (χ2v) is 4.98. The van der Waals surface area contributed by atoms with Gasteiger partial charge in [-0.2, -0.15) is 13.2 Å². The van der Waals surface area contributed by atoms with E-state index in [1.54, 1.807) is 6.07 Å². The number of carbonyl (C=O) groups excluding carboxylic acids is 1. The minimum atomic E-state index is -4.55. The maximum Gasteiger partial charge on any atom is 0.417 e. The van der Waals surface area contributed by atoms with Crippen LogP contribution in [0.5, 0.6) is 0 Å². The third-order valence-electron chi connectivity index (χ3n) is 3.57. The van der Waals surface area contributed by atoms with E-state index in [0.717, 1.165) is 16.8 Å². The van der Waals surface area contributed by atoms with Crippen LogP contribution in [-0.2, 0) is 6.18 Å². The van der Waals surface area contributed by atoms with E-state index in [0.29, 0.717) is 11.1 Å². The molecule has 4 heteroatoms. The predicted molar refractivity (Wildman–Crippen MR) is 79.8 cm³/mol. The van der Waals surface area contributed by atoms with Gasteiger partial charge in [-0.25, -0.2) is 0 Å². The Balaban J connectivity index is 2.16. The Kier molecular flexibility index (Phi) is 3.45. The summed E-state index contributed by atoms with van der Waals surface area (Å²) in [5.41, 5.74) is -0.143. The van der Waals surface area contributed by atoms with Gasteiger partial charge in [-0.05, 0) is 34.0 Å². The number of alkyl halides is 3. The number of fused-ring (bicyclic) bond motifs is 1. The monoisotopic (exact) mass is 300 g/mol. The average molecular weight is 300 g/mol. The summed E-state index contributed by atoms with van der Waals surface area (Å²) in [5.74, 6) is 0. The van der Waals surface area contributed by atoms with Crippen LogP contribution >= 0.6 is 0 Å². The average Bonchev–Trinajstić information content (AvgIpc) is 2.53. The summed E-state index contributed by atoms with van der Waals surface area (Å²) in [7, 11) is 0. The van der Waals surface area contributed by atoms with Gasteiger partial charge < -0.3 is 0 Å². The van der Waals surface area contributed by atoms with Crippen LogP contribution in [0.4, 0.5) is 13.2 Å². The van der Waals surface area contributed by atoms with Crippen molar-refractivity contribution in [2.75, 3.05) is 0 Å². The van der Waals surface area contributed by atoms with Crippen LogP contribution in [0.2, 0.25) is 0 Å². The highest BCUT2D eigenvalue weighted by atomic mass is 19.4. The van der Waals surface area contributed by atoms with Gasteiger partial charge in [0.1, 0.15) is 0 Å². The molecule has 0 saturated carbocycles. The van der Waals surface area contributed by atoms with Crippen molar-refractivity contribution in [3.8, 4) is 11.1 Å². The highest BCUT2D eigenvalue weighted by Crippen LogP contribution is 2.35. The summed E-state index contributed by atoms with van der Waals surface area (Å²) in [6.07, 6.45) is -4.32. The second-order valence-electron chi connectivity index (χ2n) is 4.98. The number of benzene rings is 3. The standard InChI is InChI=1S/C18H11F3O/c19-18(20,21)17-10-15(7-8-16(17)11-22)14-6-5-12-3-1-2-4-13(12)9-14/h1-11H. The zero-order valence-electron chi connectivity index (χ0n) is 11.4. The molecular weight excluding hydrogens is 289 g/mol. The van der Waals surface area contributed by atoms with Crippen molar-refractivity contribution in [2.45, 2.75) is 6.18 Å². The molecule has 0 aliphatic rings. The molecule has 0 aromatic heterocycles. The molecule has 0 radical (unpaired) electrons. The molecule has 0 amide bonds.